The highest BCUT2D eigenvalue weighted by atomic mass is 32.2. The van der Waals surface area contributed by atoms with Gasteiger partial charge in [0, 0.05) is 39.3 Å². The van der Waals surface area contributed by atoms with E-state index in [4.69, 9.17) is 0 Å². The maximum absolute atomic E-state index is 12.7. The molecule has 1 saturated heterocycles. The lowest BCUT2D eigenvalue weighted by Crippen LogP contribution is -2.51. The summed E-state index contributed by atoms with van der Waals surface area (Å²) in [4.78, 5) is 28.0. The fourth-order valence-electron chi connectivity index (χ4n) is 3.61. The maximum Gasteiger partial charge on any atom is 0.261 e. The normalized spacial score (nSPS) is 19.6. The summed E-state index contributed by atoms with van der Waals surface area (Å²) in [6.07, 6.45) is 0. The molecule has 2 aliphatic rings. The lowest BCUT2D eigenvalue weighted by molar-refractivity contribution is 0.0663. The third kappa shape index (κ3) is 4.39. The zero-order valence-corrected chi connectivity index (χ0v) is 17.0. The number of hydrogen-bond acceptors (Lipinski definition) is 5. The van der Waals surface area contributed by atoms with Crippen LogP contribution in [0.2, 0.25) is 0 Å². The zero-order chi connectivity index (χ0) is 19.8. The van der Waals surface area contributed by atoms with Crippen molar-refractivity contribution in [2.45, 2.75) is 20.8 Å². The molecule has 2 heterocycles. The summed E-state index contributed by atoms with van der Waals surface area (Å²) in [7, 11) is -3.51. The smallest absolute Gasteiger partial charge is 0.261 e. The van der Waals surface area contributed by atoms with Gasteiger partial charge in [-0.05, 0) is 17.5 Å². The predicted octanol–water partition coefficient (Wildman–Crippen LogP) is 1.28. The number of nitrogens with zero attached hydrogens (tertiary/aromatic N) is 3. The average Bonchev–Trinajstić information content (AvgIpc) is 2.84. The first-order chi connectivity index (χ1) is 12.6. The first kappa shape index (κ1) is 20.0. The van der Waals surface area contributed by atoms with E-state index in [0.717, 1.165) is 11.4 Å². The van der Waals surface area contributed by atoms with Gasteiger partial charge in [0.05, 0.1) is 16.9 Å². The van der Waals surface area contributed by atoms with Gasteiger partial charge in [0.1, 0.15) is 0 Å². The molecule has 0 aromatic heterocycles. The molecular formula is C19H27N3O4S. The van der Waals surface area contributed by atoms with Crippen LogP contribution in [0.15, 0.2) is 24.3 Å². The number of carbonyl (C=O) groups excluding carboxylic acids is 2. The molecule has 0 atom stereocenters. The Morgan fingerprint density at radius 3 is 1.93 bits per heavy atom. The van der Waals surface area contributed by atoms with Gasteiger partial charge >= 0.3 is 0 Å². The van der Waals surface area contributed by atoms with Crippen molar-refractivity contribution >= 4 is 21.8 Å². The topological polar surface area (TPSA) is 78.0 Å². The van der Waals surface area contributed by atoms with Gasteiger partial charge in [0.25, 0.3) is 11.8 Å². The lowest BCUT2D eigenvalue weighted by atomic mass is 9.96. The number of piperazine rings is 1. The molecule has 0 radical (unpaired) electrons. The van der Waals surface area contributed by atoms with Gasteiger partial charge < -0.3 is 4.90 Å². The zero-order valence-electron chi connectivity index (χ0n) is 16.1. The molecule has 0 aliphatic carbocycles. The number of hydrogen-bond donors (Lipinski definition) is 0. The average molecular weight is 394 g/mol. The van der Waals surface area contributed by atoms with Crippen LogP contribution in [0.4, 0.5) is 0 Å². The van der Waals surface area contributed by atoms with E-state index in [1.54, 1.807) is 24.3 Å². The first-order valence-electron chi connectivity index (χ1n) is 9.24. The molecule has 148 valence electrons. The van der Waals surface area contributed by atoms with E-state index in [-0.39, 0.29) is 17.7 Å². The second-order valence-corrected chi connectivity index (χ2v) is 10.4. The minimum atomic E-state index is -3.51. The van der Waals surface area contributed by atoms with Crippen LogP contribution in [0.1, 0.15) is 41.5 Å². The van der Waals surface area contributed by atoms with Crippen LogP contribution in [0, 0.1) is 5.41 Å². The van der Waals surface area contributed by atoms with Crippen molar-refractivity contribution in [2.75, 3.05) is 45.0 Å². The van der Waals surface area contributed by atoms with E-state index >= 15 is 0 Å². The van der Waals surface area contributed by atoms with E-state index in [2.05, 4.69) is 25.7 Å². The molecule has 0 bridgehead atoms. The highest BCUT2D eigenvalue weighted by molar-refractivity contribution is 7.89. The number of amides is 2. The predicted molar refractivity (Wildman–Crippen MR) is 103 cm³/mol. The van der Waals surface area contributed by atoms with Gasteiger partial charge in [-0.15, -0.1) is 0 Å². The Morgan fingerprint density at radius 1 is 0.926 bits per heavy atom. The minimum absolute atomic E-state index is 0.114. The van der Waals surface area contributed by atoms with E-state index < -0.39 is 21.8 Å². The molecule has 2 amide bonds. The van der Waals surface area contributed by atoms with E-state index in [0.29, 0.717) is 37.3 Å². The quantitative estimate of drug-likeness (QED) is 0.704. The van der Waals surface area contributed by atoms with Gasteiger partial charge in [-0.1, -0.05) is 32.9 Å². The summed E-state index contributed by atoms with van der Waals surface area (Å²) in [5.41, 5.74) is 0.860. The summed E-state index contributed by atoms with van der Waals surface area (Å²) < 4.78 is 26.8. The summed E-state index contributed by atoms with van der Waals surface area (Å²) in [6, 6.07) is 6.58. The van der Waals surface area contributed by atoms with Crippen LogP contribution in [0.5, 0.6) is 0 Å². The van der Waals surface area contributed by atoms with Crippen LogP contribution in [-0.2, 0) is 10.0 Å². The second kappa shape index (κ2) is 7.33. The molecule has 0 N–H and O–H groups in total. The number of sulfonamides is 1. The standard InChI is InChI=1S/C19H27N3O4S/c1-19(2,3)14-20-8-10-21(11-9-20)27(25,26)13-12-22-17(23)15-6-4-5-7-16(15)18(22)24/h4-7H,8-14H2,1-3H3. The van der Waals surface area contributed by atoms with Gasteiger partial charge in [-0.2, -0.15) is 4.31 Å². The minimum Gasteiger partial charge on any atom is -0.300 e. The number of fused-ring (bicyclic) bond motifs is 1. The van der Waals surface area contributed by atoms with Gasteiger partial charge in [-0.3, -0.25) is 14.5 Å². The monoisotopic (exact) mass is 393 g/mol. The Morgan fingerprint density at radius 2 is 1.44 bits per heavy atom. The summed E-state index contributed by atoms with van der Waals surface area (Å²) in [5.74, 6) is -1.07. The molecule has 27 heavy (non-hydrogen) atoms. The third-order valence-electron chi connectivity index (χ3n) is 4.87. The second-order valence-electron chi connectivity index (χ2n) is 8.36. The molecule has 3 rings (SSSR count). The van der Waals surface area contributed by atoms with Crippen LogP contribution >= 0.6 is 0 Å². The summed E-state index contributed by atoms with van der Waals surface area (Å²) >= 11 is 0. The van der Waals surface area contributed by atoms with Gasteiger partial charge in [0.2, 0.25) is 10.0 Å². The highest BCUT2D eigenvalue weighted by Gasteiger charge is 2.36. The van der Waals surface area contributed by atoms with Crippen molar-refractivity contribution < 1.29 is 18.0 Å². The number of rotatable bonds is 5. The molecule has 0 spiro atoms. The molecule has 0 unspecified atom stereocenters. The van der Waals surface area contributed by atoms with Crippen LogP contribution in [0.25, 0.3) is 0 Å². The Bertz CT molecular complexity index is 802. The molecule has 1 fully saturated rings. The molecular weight excluding hydrogens is 366 g/mol. The van der Waals surface area contributed by atoms with E-state index in [9.17, 15) is 18.0 Å². The number of imide groups is 1. The molecule has 0 saturated carbocycles. The van der Waals surface area contributed by atoms with Crippen molar-refractivity contribution in [3.8, 4) is 0 Å². The Hall–Kier alpha value is -1.77. The maximum atomic E-state index is 12.7. The van der Waals surface area contributed by atoms with Crippen molar-refractivity contribution in [1.29, 1.82) is 0 Å². The largest absolute Gasteiger partial charge is 0.300 e. The Kier molecular flexibility index (Phi) is 5.42. The van der Waals surface area contributed by atoms with Crippen LogP contribution in [-0.4, -0.2) is 79.4 Å². The lowest BCUT2D eigenvalue weighted by Gasteiger charge is -2.37. The van der Waals surface area contributed by atoms with Crippen molar-refractivity contribution in [3.63, 3.8) is 0 Å². The number of benzene rings is 1. The SMILES string of the molecule is CC(C)(C)CN1CCN(S(=O)(=O)CCN2C(=O)c3ccccc3C2=O)CC1. The van der Waals surface area contributed by atoms with Crippen LogP contribution in [0.3, 0.4) is 0 Å². The number of carbonyl (C=O) groups is 2. The third-order valence-corrected chi connectivity index (χ3v) is 6.72. The molecule has 1 aromatic carbocycles. The Balaban J connectivity index is 1.57. The first-order valence-corrected chi connectivity index (χ1v) is 10.8. The van der Waals surface area contributed by atoms with Crippen molar-refractivity contribution in [2.24, 2.45) is 5.41 Å². The summed E-state index contributed by atoms with van der Waals surface area (Å²) in [5, 5.41) is 0. The fraction of sp³-hybridized carbons (Fsp3) is 0.579. The van der Waals surface area contributed by atoms with Crippen molar-refractivity contribution in [3.05, 3.63) is 35.4 Å². The Labute approximate surface area is 161 Å². The molecule has 2 aliphatic heterocycles. The van der Waals surface area contributed by atoms with Crippen LogP contribution < -0.4 is 0 Å². The molecule has 7 nitrogen and oxygen atoms in total. The van der Waals surface area contributed by atoms with E-state index in [1.165, 1.54) is 4.31 Å². The van der Waals surface area contributed by atoms with E-state index in [1.807, 2.05) is 0 Å². The van der Waals surface area contributed by atoms with Gasteiger partial charge in [0.15, 0.2) is 0 Å². The fourth-order valence-corrected chi connectivity index (χ4v) is 5.01. The molecule has 1 aromatic rings. The highest BCUT2D eigenvalue weighted by Crippen LogP contribution is 2.23. The van der Waals surface area contributed by atoms with Crippen molar-refractivity contribution in [1.82, 2.24) is 14.1 Å². The summed E-state index contributed by atoms with van der Waals surface area (Å²) in [6.45, 7) is 9.59. The molecule has 8 heteroatoms. The van der Waals surface area contributed by atoms with Gasteiger partial charge in [-0.25, -0.2) is 8.42 Å².